The molecule has 0 bridgehead atoms. The molecule has 1 aliphatic heterocycles. The van der Waals surface area contributed by atoms with Gasteiger partial charge in [0.05, 0.1) is 4.90 Å². The van der Waals surface area contributed by atoms with Crippen LogP contribution in [0.5, 0.6) is 0 Å². The Kier molecular flexibility index (Phi) is 6.98. The summed E-state index contributed by atoms with van der Waals surface area (Å²) < 4.78 is 27.2. The third kappa shape index (κ3) is 5.03. The van der Waals surface area contributed by atoms with Crippen molar-refractivity contribution in [3.8, 4) is 0 Å². The summed E-state index contributed by atoms with van der Waals surface area (Å²) in [4.78, 5) is 14.6. The van der Waals surface area contributed by atoms with E-state index in [4.69, 9.17) is 0 Å². The van der Waals surface area contributed by atoms with Crippen LogP contribution >= 0.6 is 0 Å². The summed E-state index contributed by atoms with van der Waals surface area (Å²) in [6.45, 7) is 9.44. The fourth-order valence-corrected chi connectivity index (χ4v) is 4.47. The molecule has 0 aromatic heterocycles. The largest absolute Gasteiger partial charge is 0.326 e. The van der Waals surface area contributed by atoms with E-state index in [2.05, 4.69) is 17.1 Å². The van der Waals surface area contributed by atoms with Crippen molar-refractivity contribution < 1.29 is 13.2 Å². The number of amides is 1. The molecule has 1 amide bonds. The van der Waals surface area contributed by atoms with Crippen molar-refractivity contribution >= 4 is 21.6 Å². The van der Waals surface area contributed by atoms with Crippen LogP contribution in [-0.2, 0) is 14.8 Å². The normalized spacial score (nSPS) is 18.0. The molecule has 0 radical (unpaired) electrons. The monoisotopic (exact) mass is 367 g/mol. The third-order valence-corrected chi connectivity index (χ3v) is 6.58. The fraction of sp³-hybridized carbons (Fsp3) is 0.611. The zero-order valence-electron chi connectivity index (χ0n) is 15.4. The number of benzene rings is 1. The Bertz CT molecular complexity index is 683. The lowest BCUT2D eigenvalue weighted by atomic mass is 10.1. The summed E-state index contributed by atoms with van der Waals surface area (Å²) in [6.07, 6.45) is 1.75. The number of carbonyl (C=O) groups excluding carboxylic acids is 1. The molecular formula is C18H29N3O3S. The highest BCUT2D eigenvalue weighted by atomic mass is 32.2. The second kappa shape index (κ2) is 8.78. The molecule has 1 fully saturated rings. The number of anilines is 1. The predicted octanol–water partition coefficient (Wildman–Crippen LogP) is 2.39. The molecule has 1 aliphatic rings. The standard InChI is InChI=1S/C18H29N3O3S/c1-4-7-15(3)18(22)19-16-8-6-9-17(14-16)25(23,24)21-12-10-20(5-2)11-13-21/h6,8-9,14-15H,4-5,7,10-13H2,1-3H3,(H,19,22). The van der Waals surface area contributed by atoms with Gasteiger partial charge in [-0.15, -0.1) is 0 Å². The van der Waals surface area contributed by atoms with Crippen molar-refractivity contribution in [3.05, 3.63) is 24.3 Å². The molecule has 1 atom stereocenters. The highest BCUT2D eigenvalue weighted by Crippen LogP contribution is 2.21. The van der Waals surface area contributed by atoms with Crippen molar-refractivity contribution in [1.29, 1.82) is 0 Å². The number of carbonyl (C=O) groups is 1. The SMILES string of the molecule is CCCC(C)C(=O)Nc1cccc(S(=O)(=O)N2CCN(CC)CC2)c1. The lowest BCUT2D eigenvalue weighted by Gasteiger charge is -2.33. The Morgan fingerprint density at radius 1 is 1.20 bits per heavy atom. The van der Waals surface area contributed by atoms with E-state index in [1.807, 2.05) is 13.8 Å². The molecule has 1 saturated heterocycles. The molecule has 140 valence electrons. The smallest absolute Gasteiger partial charge is 0.243 e. The van der Waals surface area contributed by atoms with Gasteiger partial charge in [-0.3, -0.25) is 4.79 Å². The second-order valence-electron chi connectivity index (χ2n) is 6.55. The fourth-order valence-electron chi connectivity index (χ4n) is 3.00. The van der Waals surface area contributed by atoms with Crippen molar-refractivity contribution in [2.24, 2.45) is 5.92 Å². The maximum atomic E-state index is 12.9. The van der Waals surface area contributed by atoms with Crippen LogP contribution in [0.4, 0.5) is 5.69 Å². The van der Waals surface area contributed by atoms with Crippen molar-refractivity contribution in [2.45, 2.75) is 38.5 Å². The van der Waals surface area contributed by atoms with Crippen LogP contribution in [-0.4, -0.2) is 56.3 Å². The van der Waals surface area contributed by atoms with Crippen LogP contribution in [0.25, 0.3) is 0 Å². The van der Waals surface area contributed by atoms with Crippen molar-refractivity contribution in [2.75, 3.05) is 38.0 Å². The topological polar surface area (TPSA) is 69.7 Å². The molecule has 6 nitrogen and oxygen atoms in total. The number of rotatable bonds is 7. The average molecular weight is 368 g/mol. The quantitative estimate of drug-likeness (QED) is 0.803. The van der Waals surface area contributed by atoms with E-state index >= 15 is 0 Å². The number of sulfonamides is 1. The summed E-state index contributed by atoms with van der Waals surface area (Å²) in [6, 6.07) is 6.55. The molecule has 1 aromatic rings. The number of nitrogens with one attached hydrogen (secondary N) is 1. The van der Waals surface area contributed by atoms with Crippen LogP contribution in [0.2, 0.25) is 0 Å². The van der Waals surface area contributed by atoms with Gasteiger partial charge >= 0.3 is 0 Å². The molecule has 2 rings (SSSR count). The molecule has 0 saturated carbocycles. The molecule has 0 aliphatic carbocycles. The maximum absolute atomic E-state index is 12.9. The van der Waals surface area contributed by atoms with Gasteiger partial charge in [0.15, 0.2) is 0 Å². The van der Waals surface area contributed by atoms with Gasteiger partial charge in [0.25, 0.3) is 0 Å². The first kappa shape index (κ1) is 19.9. The van der Waals surface area contributed by atoms with Crippen molar-refractivity contribution in [1.82, 2.24) is 9.21 Å². The van der Waals surface area contributed by atoms with Crippen LogP contribution < -0.4 is 5.32 Å². The molecule has 7 heteroatoms. The first-order chi connectivity index (χ1) is 11.9. The van der Waals surface area contributed by atoms with Gasteiger partial charge in [-0.25, -0.2) is 8.42 Å². The average Bonchev–Trinajstić information content (AvgIpc) is 2.62. The van der Waals surface area contributed by atoms with E-state index in [1.54, 1.807) is 24.3 Å². The highest BCUT2D eigenvalue weighted by molar-refractivity contribution is 7.89. The third-order valence-electron chi connectivity index (χ3n) is 4.69. The summed E-state index contributed by atoms with van der Waals surface area (Å²) >= 11 is 0. The molecule has 1 unspecified atom stereocenters. The first-order valence-corrected chi connectivity index (χ1v) is 10.5. The Morgan fingerprint density at radius 3 is 2.48 bits per heavy atom. The summed E-state index contributed by atoms with van der Waals surface area (Å²) in [7, 11) is -3.53. The van der Waals surface area contributed by atoms with E-state index in [0.717, 1.165) is 32.5 Å². The molecule has 1 N–H and O–H groups in total. The number of hydrogen-bond donors (Lipinski definition) is 1. The van der Waals surface area contributed by atoms with E-state index < -0.39 is 10.0 Å². The summed E-state index contributed by atoms with van der Waals surface area (Å²) in [5.74, 6) is -0.166. The minimum Gasteiger partial charge on any atom is -0.326 e. The minimum absolute atomic E-state index is 0.0760. The molecule has 1 aromatic carbocycles. The Labute approximate surface area is 151 Å². The lowest BCUT2D eigenvalue weighted by molar-refractivity contribution is -0.119. The van der Waals surface area contributed by atoms with E-state index in [1.165, 1.54) is 4.31 Å². The predicted molar refractivity (Wildman–Crippen MR) is 100 cm³/mol. The Morgan fingerprint density at radius 2 is 1.88 bits per heavy atom. The number of nitrogens with zero attached hydrogens (tertiary/aromatic N) is 2. The van der Waals surface area contributed by atoms with Gasteiger partial charge in [-0.05, 0) is 31.2 Å². The van der Waals surface area contributed by atoms with Gasteiger partial charge in [0, 0.05) is 37.8 Å². The second-order valence-corrected chi connectivity index (χ2v) is 8.48. The van der Waals surface area contributed by atoms with E-state index in [-0.39, 0.29) is 16.7 Å². The molecule has 0 spiro atoms. The van der Waals surface area contributed by atoms with Gasteiger partial charge < -0.3 is 10.2 Å². The molecule has 1 heterocycles. The van der Waals surface area contributed by atoms with Crippen molar-refractivity contribution in [3.63, 3.8) is 0 Å². The van der Waals surface area contributed by atoms with E-state index in [0.29, 0.717) is 18.8 Å². The minimum atomic E-state index is -3.53. The number of hydrogen-bond acceptors (Lipinski definition) is 4. The summed E-state index contributed by atoms with van der Waals surface area (Å²) in [5.41, 5.74) is 0.529. The van der Waals surface area contributed by atoms with Crippen LogP contribution in [0.1, 0.15) is 33.6 Å². The maximum Gasteiger partial charge on any atom is 0.243 e. The van der Waals surface area contributed by atoms with Gasteiger partial charge in [0.2, 0.25) is 15.9 Å². The van der Waals surface area contributed by atoms with Crippen LogP contribution in [0, 0.1) is 5.92 Å². The molecular weight excluding hydrogens is 338 g/mol. The zero-order valence-corrected chi connectivity index (χ0v) is 16.2. The zero-order chi connectivity index (χ0) is 18.4. The van der Waals surface area contributed by atoms with Gasteiger partial charge in [0.1, 0.15) is 0 Å². The van der Waals surface area contributed by atoms with Gasteiger partial charge in [-0.2, -0.15) is 4.31 Å². The van der Waals surface area contributed by atoms with E-state index in [9.17, 15) is 13.2 Å². The van der Waals surface area contributed by atoms with Crippen LogP contribution in [0.15, 0.2) is 29.2 Å². The Hall–Kier alpha value is -1.44. The number of likely N-dealkylation sites (N-methyl/N-ethyl adjacent to an activating group) is 1. The Balaban J connectivity index is 2.10. The van der Waals surface area contributed by atoms with Gasteiger partial charge in [-0.1, -0.05) is 33.3 Å². The van der Waals surface area contributed by atoms with Crippen LogP contribution in [0.3, 0.4) is 0 Å². The lowest BCUT2D eigenvalue weighted by Crippen LogP contribution is -2.48. The molecule has 25 heavy (non-hydrogen) atoms. The first-order valence-electron chi connectivity index (χ1n) is 9.02. The highest BCUT2D eigenvalue weighted by Gasteiger charge is 2.28. The number of piperazine rings is 1. The summed E-state index contributed by atoms with van der Waals surface area (Å²) in [5, 5.41) is 2.83.